The lowest BCUT2D eigenvalue weighted by molar-refractivity contribution is 0.0944. The molecule has 1 N–H and O–H groups in total. The van der Waals surface area contributed by atoms with Gasteiger partial charge in [0.05, 0.1) is 0 Å². The highest BCUT2D eigenvalue weighted by Crippen LogP contribution is 2.01. The van der Waals surface area contributed by atoms with Gasteiger partial charge in [0.15, 0.2) is 0 Å². The van der Waals surface area contributed by atoms with Gasteiger partial charge >= 0.3 is 0 Å². The van der Waals surface area contributed by atoms with E-state index in [9.17, 15) is 4.79 Å². The van der Waals surface area contributed by atoms with Crippen LogP contribution in [0.5, 0.6) is 0 Å². The third-order valence-corrected chi connectivity index (χ3v) is 2.66. The van der Waals surface area contributed by atoms with Crippen molar-refractivity contribution < 1.29 is 4.79 Å². The van der Waals surface area contributed by atoms with Gasteiger partial charge in [-0.25, -0.2) is 0 Å². The van der Waals surface area contributed by atoms with E-state index in [4.69, 9.17) is 0 Å². The van der Waals surface area contributed by atoms with Crippen LogP contribution < -0.4 is 5.32 Å². The third-order valence-electron chi connectivity index (χ3n) is 1.83. The van der Waals surface area contributed by atoms with Crippen molar-refractivity contribution in [3.63, 3.8) is 0 Å². The van der Waals surface area contributed by atoms with Gasteiger partial charge in [0, 0.05) is 17.4 Å². The fraction of sp³-hybridized carbons (Fsp3) is 0.364. The quantitative estimate of drug-likeness (QED) is 0.823. The molecule has 0 spiro atoms. The third kappa shape index (κ3) is 3.42. The number of thioether (sulfide) groups is 1. The number of carbonyl (C=O) groups is 1. The van der Waals surface area contributed by atoms with Gasteiger partial charge < -0.3 is 5.32 Å². The molecule has 2 nitrogen and oxygen atoms in total. The molecule has 0 aliphatic carbocycles. The number of nitrogens with one attached hydrogen (secondary N) is 1. The zero-order valence-corrected chi connectivity index (χ0v) is 9.30. The van der Waals surface area contributed by atoms with Gasteiger partial charge in [-0.15, -0.1) is 0 Å². The first-order chi connectivity index (χ1) is 6.74. The van der Waals surface area contributed by atoms with Crippen molar-refractivity contribution in [2.24, 2.45) is 0 Å². The average Bonchev–Trinajstić information content (AvgIpc) is 2.19. The Morgan fingerprint density at radius 2 is 2.07 bits per heavy atom. The van der Waals surface area contributed by atoms with Gasteiger partial charge in [-0.1, -0.05) is 18.2 Å². The molecule has 1 aromatic rings. The molecule has 0 saturated heterocycles. The molecule has 1 aromatic carbocycles. The van der Waals surface area contributed by atoms with Crippen LogP contribution in [0.15, 0.2) is 30.3 Å². The second-order valence-electron chi connectivity index (χ2n) is 3.20. The predicted octanol–water partition coefficient (Wildman–Crippen LogP) is 2.17. The van der Waals surface area contributed by atoms with Crippen LogP contribution in [0, 0.1) is 0 Å². The normalized spacial score (nSPS) is 12.1. The Morgan fingerprint density at radius 3 is 2.64 bits per heavy atom. The van der Waals surface area contributed by atoms with E-state index in [0.29, 0.717) is 0 Å². The molecule has 0 bridgehead atoms. The summed E-state index contributed by atoms with van der Waals surface area (Å²) in [7, 11) is 0. The molecule has 0 saturated carbocycles. The second-order valence-corrected chi connectivity index (χ2v) is 4.11. The summed E-state index contributed by atoms with van der Waals surface area (Å²) >= 11 is 1.73. The predicted molar refractivity (Wildman–Crippen MR) is 61.8 cm³/mol. The standard InChI is InChI=1S/C11H15NOS/c1-9(8-14-2)12-11(13)10-6-4-3-5-7-10/h3-7,9H,8H2,1-2H3,(H,12,13). The van der Waals surface area contributed by atoms with E-state index in [0.717, 1.165) is 11.3 Å². The number of rotatable bonds is 4. The molecule has 1 rings (SSSR count). The van der Waals surface area contributed by atoms with Crippen molar-refractivity contribution in [2.75, 3.05) is 12.0 Å². The van der Waals surface area contributed by atoms with Crippen LogP contribution in [-0.2, 0) is 0 Å². The lowest BCUT2D eigenvalue weighted by Crippen LogP contribution is -2.34. The summed E-state index contributed by atoms with van der Waals surface area (Å²) in [6.45, 7) is 2.01. The number of carbonyl (C=O) groups excluding carboxylic acids is 1. The van der Waals surface area contributed by atoms with Crippen molar-refractivity contribution in [2.45, 2.75) is 13.0 Å². The topological polar surface area (TPSA) is 29.1 Å². The molecule has 0 aliphatic heterocycles. The van der Waals surface area contributed by atoms with Gasteiger partial charge in [0.2, 0.25) is 0 Å². The van der Waals surface area contributed by atoms with E-state index in [2.05, 4.69) is 5.32 Å². The second kappa shape index (κ2) is 5.70. The molecule has 1 unspecified atom stereocenters. The van der Waals surface area contributed by atoms with Crippen LogP contribution in [-0.4, -0.2) is 24.0 Å². The number of hydrogen-bond donors (Lipinski definition) is 1. The van der Waals surface area contributed by atoms with E-state index < -0.39 is 0 Å². The van der Waals surface area contributed by atoms with E-state index in [1.807, 2.05) is 43.5 Å². The van der Waals surface area contributed by atoms with Crippen LogP contribution >= 0.6 is 11.8 Å². The fourth-order valence-electron chi connectivity index (χ4n) is 1.19. The van der Waals surface area contributed by atoms with Crippen LogP contribution in [0.1, 0.15) is 17.3 Å². The highest BCUT2D eigenvalue weighted by atomic mass is 32.2. The molecule has 0 aromatic heterocycles. The molecule has 0 radical (unpaired) electrons. The molecule has 0 aliphatic rings. The first kappa shape index (κ1) is 11.1. The van der Waals surface area contributed by atoms with Gasteiger partial charge in [-0.05, 0) is 25.3 Å². The first-order valence-corrected chi connectivity index (χ1v) is 5.98. The fourth-order valence-corrected chi connectivity index (χ4v) is 1.77. The van der Waals surface area contributed by atoms with Crippen molar-refractivity contribution in [1.82, 2.24) is 5.32 Å². The van der Waals surface area contributed by atoms with Crippen molar-refractivity contribution in [3.8, 4) is 0 Å². The highest BCUT2D eigenvalue weighted by molar-refractivity contribution is 7.98. The van der Waals surface area contributed by atoms with Gasteiger partial charge in [0.25, 0.3) is 5.91 Å². The Morgan fingerprint density at radius 1 is 1.43 bits per heavy atom. The summed E-state index contributed by atoms with van der Waals surface area (Å²) in [5, 5.41) is 2.94. The first-order valence-electron chi connectivity index (χ1n) is 4.59. The molecule has 14 heavy (non-hydrogen) atoms. The molecule has 76 valence electrons. The Kier molecular flexibility index (Phi) is 4.53. The Balaban J connectivity index is 2.51. The molecule has 1 atom stereocenters. The summed E-state index contributed by atoms with van der Waals surface area (Å²) in [6.07, 6.45) is 2.03. The van der Waals surface area contributed by atoms with Crippen LogP contribution in [0.4, 0.5) is 0 Å². The van der Waals surface area contributed by atoms with E-state index >= 15 is 0 Å². The van der Waals surface area contributed by atoms with Crippen LogP contribution in [0.2, 0.25) is 0 Å². The lowest BCUT2D eigenvalue weighted by atomic mass is 10.2. The SMILES string of the molecule is CSCC(C)NC(=O)c1ccccc1. The smallest absolute Gasteiger partial charge is 0.251 e. The zero-order chi connectivity index (χ0) is 10.4. The molecular weight excluding hydrogens is 194 g/mol. The van der Waals surface area contributed by atoms with E-state index in [1.165, 1.54) is 0 Å². The van der Waals surface area contributed by atoms with Crippen molar-refractivity contribution in [1.29, 1.82) is 0 Å². The Labute approximate surface area is 89.1 Å². The number of amides is 1. The molecule has 0 heterocycles. The molecule has 0 fully saturated rings. The van der Waals surface area contributed by atoms with Crippen molar-refractivity contribution >= 4 is 17.7 Å². The summed E-state index contributed by atoms with van der Waals surface area (Å²) < 4.78 is 0. The minimum absolute atomic E-state index is 0.00662. The summed E-state index contributed by atoms with van der Waals surface area (Å²) in [5.41, 5.74) is 0.723. The minimum atomic E-state index is 0.00662. The molecule has 1 amide bonds. The summed E-state index contributed by atoms with van der Waals surface area (Å²) in [4.78, 5) is 11.6. The summed E-state index contributed by atoms with van der Waals surface area (Å²) in [6, 6.07) is 9.50. The Hall–Kier alpha value is -0.960. The Bertz CT molecular complexity index is 287. The number of hydrogen-bond acceptors (Lipinski definition) is 2. The number of benzene rings is 1. The van der Waals surface area contributed by atoms with Gasteiger partial charge in [-0.2, -0.15) is 11.8 Å². The van der Waals surface area contributed by atoms with E-state index in [-0.39, 0.29) is 11.9 Å². The minimum Gasteiger partial charge on any atom is -0.349 e. The lowest BCUT2D eigenvalue weighted by Gasteiger charge is -2.12. The van der Waals surface area contributed by atoms with Gasteiger partial charge in [-0.3, -0.25) is 4.79 Å². The molecule has 3 heteroatoms. The van der Waals surface area contributed by atoms with Crippen LogP contribution in [0.3, 0.4) is 0 Å². The maximum atomic E-state index is 11.6. The molecular formula is C11H15NOS. The summed E-state index contributed by atoms with van der Waals surface area (Å²) in [5.74, 6) is 0.950. The largest absolute Gasteiger partial charge is 0.349 e. The maximum Gasteiger partial charge on any atom is 0.251 e. The highest BCUT2D eigenvalue weighted by Gasteiger charge is 2.07. The van der Waals surface area contributed by atoms with E-state index in [1.54, 1.807) is 11.8 Å². The average molecular weight is 209 g/mol. The maximum absolute atomic E-state index is 11.6. The zero-order valence-electron chi connectivity index (χ0n) is 8.49. The monoisotopic (exact) mass is 209 g/mol. The van der Waals surface area contributed by atoms with Crippen LogP contribution in [0.25, 0.3) is 0 Å². The van der Waals surface area contributed by atoms with Gasteiger partial charge in [0.1, 0.15) is 0 Å². The van der Waals surface area contributed by atoms with Crippen molar-refractivity contribution in [3.05, 3.63) is 35.9 Å².